The third-order valence-electron chi connectivity index (χ3n) is 5.12. The van der Waals surface area contributed by atoms with E-state index < -0.39 is 0 Å². The van der Waals surface area contributed by atoms with Gasteiger partial charge in [0.15, 0.2) is 12.4 Å². The molecule has 2 aromatic carbocycles. The summed E-state index contributed by atoms with van der Waals surface area (Å²) in [6, 6.07) is 13.5. The Bertz CT molecular complexity index is 1040. The van der Waals surface area contributed by atoms with Crippen LogP contribution >= 0.6 is 0 Å². The quantitative estimate of drug-likeness (QED) is 0.445. The molecule has 0 spiro atoms. The number of benzene rings is 2. The SMILES string of the molecule is CN(C)c1ccc2c3c(cccc13)C(=O)N(CCc1cc[n+](C)cc1)C2=O.[Cl-]. The molecule has 28 heavy (non-hydrogen) atoms. The van der Waals surface area contributed by atoms with Gasteiger partial charge in [-0.05, 0) is 30.2 Å². The Morgan fingerprint density at radius 2 is 1.57 bits per heavy atom. The molecule has 4 rings (SSSR count). The summed E-state index contributed by atoms with van der Waals surface area (Å²) in [6.07, 6.45) is 4.57. The third kappa shape index (κ3) is 3.22. The van der Waals surface area contributed by atoms with Crippen molar-refractivity contribution in [2.75, 3.05) is 25.5 Å². The molecule has 1 aliphatic rings. The van der Waals surface area contributed by atoms with Crippen LogP contribution < -0.4 is 21.9 Å². The van der Waals surface area contributed by atoms with Crippen LogP contribution in [0.3, 0.4) is 0 Å². The number of hydrogen-bond donors (Lipinski definition) is 0. The van der Waals surface area contributed by atoms with Crippen molar-refractivity contribution in [1.29, 1.82) is 0 Å². The molecule has 0 atom stereocenters. The molecule has 144 valence electrons. The number of amides is 2. The number of imide groups is 1. The highest BCUT2D eigenvalue weighted by Crippen LogP contribution is 2.35. The maximum Gasteiger partial charge on any atom is 0.261 e. The normalized spacial score (nSPS) is 12.9. The molecule has 3 aromatic rings. The fraction of sp³-hybridized carbons (Fsp3) is 0.227. The fourth-order valence-corrected chi connectivity index (χ4v) is 3.66. The van der Waals surface area contributed by atoms with E-state index in [2.05, 4.69) is 0 Å². The summed E-state index contributed by atoms with van der Waals surface area (Å²) in [7, 11) is 5.88. The van der Waals surface area contributed by atoms with Crippen molar-refractivity contribution in [3.05, 3.63) is 71.5 Å². The van der Waals surface area contributed by atoms with E-state index in [1.165, 1.54) is 4.90 Å². The maximum atomic E-state index is 13.1. The van der Waals surface area contributed by atoms with Gasteiger partial charge < -0.3 is 17.3 Å². The van der Waals surface area contributed by atoms with Gasteiger partial charge in [-0.2, -0.15) is 0 Å². The lowest BCUT2D eigenvalue weighted by Crippen LogP contribution is -3.00. The molecular formula is C22H22ClN3O2. The van der Waals surface area contributed by atoms with Crippen LogP contribution in [0.4, 0.5) is 5.69 Å². The molecule has 0 bridgehead atoms. The van der Waals surface area contributed by atoms with Crippen LogP contribution in [0.25, 0.3) is 10.8 Å². The van der Waals surface area contributed by atoms with E-state index in [4.69, 9.17) is 0 Å². The number of halogens is 1. The van der Waals surface area contributed by atoms with Gasteiger partial charge >= 0.3 is 0 Å². The number of nitrogens with zero attached hydrogens (tertiary/aromatic N) is 3. The topological polar surface area (TPSA) is 44.5 Å². The Labute approximate surface area is 170 Å². The van der Waals surface area contributed by atoms with Crippen molar-refractivity contribution in [3.8, 4) is 0 Å². The first-order valence-electron chi connectivity index (χ1n) is 9.01. The lowest BCUT2D eigenvalue weighted by atomic mass is 9.92. The minimum Gasteiger partial charge on any atom is -1.00 e. The third-order valence-corrected chi connectivity index (χ3v) is 5.12. The molecule has 2 amide bonds. The summed E-state index contributed by atoms with van der Waals surface area (Å²) < 4.78 is 1.96. The standard InChI is InChI=1S/C22H22N3O2.ClH/c1-23(2)19-8-7-18-20-16(19)5-4-6-17(20)21(26)25(22(18)27)14-11-15-9-12-24(3)13-10-15;/h4-10,12-13H,11,14H2,1-3H3;1H/q+1;/p-1. The molecule has 2 heterocycles. The second-order valence-corrected chi connectivity index (χ2v) is 7.14. The van der Waals surface area contributed by atoms with Crippen molar-refractivity contribution in [2.45, 2.75) is 6.42 Å². The van der Waals surface area contributed by atoms with E-state index in [-0.39, 0.29) is 24.2 Å². The Morgan fingerprint density at radius 3 is 2.21 bits per heavy atom. The molecule has 1 aromatic heterocycles. The van der Waals surface area contributed by atoms with Gasteiger partial charge in [0.25, 0.3) is 11.8 Å². The molecule has 5 nitrogen and oxygen atoms in total. The maximum absolute atomic E-state index is 13.1. The second-order valence-electron chi connectivity index (χ2n) is 7.14. The fourth-order valence-electron chi connectivity index (χ4n) is 3.66. The van der Waals surface area contributed by atoms with E-state index in [1.807, 2.05) is 85.5 Å². The zero-order valence-corrected chi connectivity index (χ0v) is 16.9. The highest BCUT2D eigenvalue weighted by molar-refractivity contribution is 6.26. The summed E-state index contributed by atoms with van der Waals surface area (Å²) in [5.41, 5.74) is 3.30. The predicted octanol–water partition coefficient (Wildman–Crippen LogP) is -0.427. The van der Waals surface area contributed by atoms with Crippen LogP contribution in [-0.4, -0.2) is 37.4 Å². The van der Waals surface area contributed by atoms with Gasteiger partial charge in [0.2, 0.25) is 0 Å². The monoisotopic (exact) mass is 395 g/mol. The van der Waals surface area contributed by atoms with Crippen molar-refractivity contribution < 1.29 is 26.6 Å². The molecule has 0 saturated heterocycles. The largest absolute Gasteiger partial charge is 1.00 e. The van der Waals surface area contributed by atoms with Gasteiger partial charge in [0.1, 0.15) is 7.05 Å². The zero-order valence-electron chi connectivity index (χ0n) is 16.1. The van der Waals surface area contributed by atoms with Gasteiger partial charge in [0, 0.05) is 60.4 Å². The van der Waals surface area contributed by atoms with Gasteiger partial charge in [-0.15, -0.1) is 0 Å². The number of rotatable bonds is 4. The molecule has 0 fully saturated rings. The molecule has 0 N–H and O–H groups in total. The summed E-state index contributed by atoms with van der Waals surface area (Å²) in [5.74, 6) is -0.425. The van der Waals surface area contributed by atoms with Crippen LogP contribution in [0.15, 0.2) is 54.9 Å². The van der Waals surface area contributed by atoms with E-state index in [1.54, 1.807) is 0 Å². The smallest absolute Gasteiger partial charge is 0.261 e. The van der Waals surface area contributed by atoms with Crippen LogP contribution in [0.1, 0.15) is 26.3 Å². The van der Waals surface area contributed by atoms with Crippen molar-refractivity contribution in [3.63, 3.8) is 0 Å². The first-order chi connectivity index (χ1) is 13.0. The Kier molecular flexibility index (Phi) is 5.38. The number of aryl methyl sites for hydroxylation is 1. The lowest BCUT2D eigenvalue weighted by Gasteiger charge is -2.28. The van der Waals surface area contributed by atoms with E-state index in [0.29, 0.717) is 24.1 Å². The molecule has 0 aliphatic carbocycles. The number of carbonyl (C=O) groups is 2. The van der Waals surface area contributed by atoms with Gasteiger partial charge in [-0.25, -0.2) is 4.57 Å². The number of anilines is 1. The molecule has 1 aliphatic heterocycles. The summed E-state index contributed by atoms with van der Waals surface area (Å²) in [5, 5.41) is 1.70. The number of aromatic nitrogens is 1. The van der Waals surface area contributed by atoms with Crippen molar-refractivity contribution >= 4 is 28.3 Å². The van der Waals surface area contributed by atoms with Gasteiger partial charge in [-0.1, -0.05) is 12.1 Å². The first kappa shape index (κ1) is 19.8. The van der Waals surface area contributed by atoms with Gasteiger partial charge in [0.05, 0.1) is 0 Å². The average molecular weight is 396 g/mol. The lowest BCUT2D eigenvalue weighted by molar-refractivity contribution is -0.671. The minimum atomic E-state index is -0.213. The van der Waals surface area contributed by atoms with Crippen LogP contribution in [0.5, 0.6) is 0 Å². The van der Waals surface area contributed by atoms with Gasteiger partial charge in [-0.3, -0.25) is 14.5 Å². The number of carbonyl (C=O) groups excluding carboxylic acids is 2. The highest BCUT2D eigenvalue weighted by Gasteiger charge is 2.33. The second kappa shape index (κ2) is 7.60. The number of hydrogen-bond acceptors (Lipinski definition) is 3. The Balaban J connectivity index is 0.00000225. The molecule has 0 saturated carbocycles. The molecule has 0 unspecified atom stereocenters. The first-order valence-corrected chi connectivity index (χ1v) is 9.01. The Morgan fingerprint density at radius 1 is 0.929 bits per heavy atom. The predicted molar refractivity (Wildman–Crippen MR) is 105 cm³/mol. The van der Waals surface area contributed by atoms with Crippen molar-refractivity contribution in [2.24, 2.45) is 7.05 Å². The number of pyridine rings is 1. The van der Waals surface area contributed by atoms with Crippen LogP contribution in [0, 0.1) is 0 Å². The van der Waals surface area contributed by atoms with Crippen LogP contribution in [-0.2, 0) is 13.5 Å². The summed E-state index contributed by atoms with van der Waals surface area (Å²) in [4.78, 5) is 29.5. The summed E-state index contributed by atoms with van der Waals surface area (Å²) in [6.45, 7) is 0.372. The van der Waals surface area contributed by atoms with E-state index in [9.17, 15) is 9.59 Å². The van der Waals surface area contributed by atoms with E-state index in [0.717, 1.165) is 22.0 Å². The zero-order chi connectivity index (χ0) is 19.1. The molecule has 6 heteroatoms. The highest BCUT2D eigenvalue weighted by atomic mass is 35.5. The van der Waals surface area contributed by atoms with E-state index >= 15 is 0 Å². The average Bonchev–Trinajstić information content (AvgIpc) is 2.66. The van der Waals surface area contributed by atoms with Crippen molar-refractivity contribution in [1.82, 2.24) is 4.90 Å². The Hall–Kier alpha value is -2.92. The minimum absolute atomic E-state index is 0. The summed E-state index contributed by atoms with van der Waals surface area (Å²) >= 11 is 0. The van der Waals surface area contributed by atoms with Crippen LogP contribution in [0.2, 0.25) is 0 Å². The molecular weight excluding hydrogens is 374 g/mol. The molecule has 0 radical (unpaired) electrons.